The molecule has 2 rings (SSSR count). The first-order chi connectivity index (χ1) is 8.76. The van der Waals surface area contributed by atoms with Crippen molar-refractivity contribution in [1.29, 1.82) is 0 Å². The van der Waals surface area contributed by atoms with Gasteiger partial charge in [-0.25, -0.2) is 0 Å². The van der Waals surface area contributed by atoms with E-state index >= 15 is 0 Å². The first-order valence-corrected chi connectivity index (χ1v) is 6.36. The Morgan fingerprint density at radius 2 is 2.17 bits per heavy atom. The smallest absolute Gasteiger partial charge is 0.251 e. The van der Waals surface area contributed by atoms with Gasteiger partial charge in [-0.2, -0.15) is 0 Å². The minimum Gasteiger partial charge on any atom is -0.496 e. The third kappa shape index (κ3) is 2.55. The van der Waals surface area contributed by atoms with Crippen LogP contribution in [0.5, 0.6) is 5.75 Å². The Morgan fingerprint density at radius 1 is 1.33 bits per heavy atom. The van der Waals surface area contributed by atoms with Gasteiger partial charge in [0.2, 0.25) is 0 Å². The number of amides is 1. The molecule has 3 heteroatoms. The van der Waals surface area contributed by atoms with Crippen molar-refractivity contribution >= 4 is 11.5 Å². The van der Waals surface area contributed by atoms with Gasteiger partial charge in [-0.15, -0.1) is 0 Å². The number of hydrogen-bond donors (Lipinski definition) is 1. The summed E-state index contributed by atoms with van der Waals surface area (Å²) in [7, 11) is 3.31. The van der Waals surface area contributed by atoms with Crippen LogP contribution in [0.3, 0.4) is 0 Å². The fourth-order valence-electron chi connectivity index (χ4n) is 2.33. The molecule has 0 radical (unpaired) electrons. The molecule has 1 aromatic carbocycles. The molecule has 0 saturated heterocycles. The maximum atomic E-state index is 11.7. The van der Waals surface area contributed by atoms with E-state index in [9.17, 15) is 4.79 Å². The van der Waals surface area contributed by atoms with Gasteiger partial charge < -0.3 is 10.1 Å². The molecule has 0 fully saturated rings. The van der Waals surface area contributed by atoms with Crippen LogP contribution in [-0.4, -0.2) is 20.1 Å². The van der Waals surface area contributed by atoms with E-state index in [1.54, 1.807) is 20.2 Å². The maximum absolute atomic E-state index is 11.7. The van der Waals surface area contributed by atoms with Gasteiger partial charge in [0, 0.05) is 18.2 Å². The van der Waals surface area contributed by atoms with Crippen LogP contribution in [0.15, 0.2) is 24.3 Å². The largest absolute Gasteiger partial charge is 0.496 e. The number of rotatable bonds is 3. The van der Waals surface area contributed by atoms with Gasteiger partial charge in [-0.1, -0.05) is 6.08 Å². The fourth-order valence-corrected chi connectivity index (χ4v) is 2.33. The summed E-state index contributed by atoms with van der Waals surface area (Å²) in [6.07, 6.45) is 6.89. The third-order valence-electron chi connectivity index (χ3n) is 3.33. The summed E-state index contributed by atoms with van der Waals surface area (Å²) in [4.78, 5) is 11.7. The number of methoxy groups -OCH3 is 1. The molecule has 0 bridgehead atoms. The number of carbonyl (C=O) groups is 1. The number of benzene rings is 1. The molecular formula is C15H19NO2. The van der Waals surface area contributed by atoms with Gasteiger partial charge in [0.25, 0.3) is 5.91 Å². The van der Waals surface area contributed by atoms with E-state index in [1.807, 2.05) is 12.1 Å². The van der Waals surface area contributed by atoms with Crippen molar-refractivity contribution in [3.63, 3.8) is 0 Å². The first-order valence-electron chi connectivity index (χ1n) is 6.36. The van der Waals surface area contributed by atoms with Crippen LogP contribution in [0.2, 0.25) is 0 Å². The van der Waals surface area contributed by atoms with E-state index in [0.29, 0.717) is 5.56 Å². The summed E-state index contributed by atoms with van der Waals surface area (Å²) >= 11 is 0. The van der Waals surface area contributed by atoms with Crippen molar-refractivity contribution in [2.24, 2.45) is 0 Å². The lowest BCUT2D eigenvalue weighted by Crippen LogP contribution is -2.18. The maximum Gasteiger partial charge on any atom is 0.251 e. The summed E-state index contributed by atoms with van der Waals surface area (Å²) in [6.45, 7) is 0. The Labute approximate surface area is 108 Å². The van der Waals surface area contributed by atoms with Crippen LogP contribution >= 0.6 is 0 Å². The van der Waals surface area contributed by atoms with Crippen LogP contribution < -0.4 is 10.1 Å². The molecule has 3 nitrogen and oxygen atoms in total. The highest BCUT2D eigenvalue weighted by atomic mass is 16.5. The van der Waals surface area contributed by atoms with Gasteiger partial charge in [0.15, 0.2) is 0 Å². The number of carbonyl (C=O) groups excluding carboxylic acids is 1. The summed E-state index contributed by atoms with van der Waals surface area (Å²) in [5.74, 6) is 0.783. The molecule has 1 amide bonds. The fraction of sp³-hybridized carbons (Fsp3) is 0.400. The molecule has 0 atom stereocenters. The minimum atomic E-state index is -0.0599. The molecule has 1 aromatic rings. The summed E-state index contributed by atoms with van der Waals surface area (Å²) in [5, 5.41) is 2.65. The number of hydrogen-bond acceptors (Lipinski definition) is 2. The molecule has 0 heterocycles. The van der Waals surface area contributed by atoms with E-state index in [1.165, 1.54) is 18.4 Å². The molecule has 1 aliphatic rings. The molecule has 1 N–H and O–H groups in total. The second-order valence-electron chi connectivity index (χ2n) is 4.47. The Morgan fingerprint density at radius 3 is 2.78 bits per heavy atom. The van der Waals surface area contributed by atoms with Gasteiger partial charge in [0.05, 0.1) is 7.11 Å². The summed E-state index contributed by atoms with van der Waals surface area (Å²) in [5.41, 5.74) is 3.03. The molecule has 0 unspecified atom stereocenters. The van der Waals surface area contributed by atoms with Crippen molar-refractivity contribution in [1.82, 2.24) is 5.32 Å². The van der Waals surface area contributed by atoms with Crippen molar-refractivity contribution in [2.45, 2.75) is 25.7 Å². The average molecular weight is 245 g/mol. The molecule has 96 valence electrons. The Bertz CT molecular complexity index is 477. The molecule has 0 saturated carbocycles. The second kappa shape index (κ2) is 5.71. The van der Waals surface area contributed by atoms with E-state index in [4.69, 9.17) is 4.74 Å². The highest BCUT2D eigenvalue weighted by Gasteiger charge is 2.14. The van der Waals surface area contributed by atoms with E-state index in [2.05, 4.69) is 11.4 Å². The van der Waals surface area contributed by atoms with Crippen molar-refractivity contribution in [3.05, 3.63) is 35.4 Å². The first kappa shape index (κ1) is 12.7. The van der Waals surface area contributed by atoms with Crippen LogP contribution in [-0.2, 0) is 0 Å². The SMILES string of the molecule is CNC(=O)c1ccc(OC)c(C2=CCCCC2)c1. The molecule has 18 heavy (non-hydrogen) atoms. The summed E-state index contributed by atoms with van der Waals surface area (Å²) < 4.78 is 5.39. The molecule has 0 spiro atoms. The monoisotopic (exact) mass is 245 g/mol. The van der Waals surface area contributed by atoms with Crippen molar-refractivity contribution in [2.75, 3.05) is 14.2 Å². The predicted molar refractivity (Wildman–Crippen MR) is 72.8 cm³/mol. The lowest BCUT2D eigenvalue weighted by molar-refractivity contribution is 0.0963. The standard InChI is InChI=1S/C15H19NO2/c1-16-15(17)12-8-9-14(18-2)13(10-12)11-6-4-3-5-7-11/h6,8-10H,3-5,7H2,1-2H3,(H,16,17). The Balaban J connectivity index is 2.42. The lowest BCUT2D eigenvalue weighted by atomic mass is 9.92. The van der Waals surface area contributed by atoms with Crippen LogP contribution in [0.1, 0.15) is 41.6 Å². The highest BCUT2D eigenvalue weighted by Crippen LogP contribution is 2.33. The van der Waals surface area contributed by atoms with E-state index in [0.717, 1.165) is 24.2 Å². The quantitative estimate of drug-likeness (QED) is 0.889. The minimum absolute atomic E-state index is 0.0599. The highest BCUT2D eigenvalue weighted by molar-refractivity contribution is 5.95. The summed E-state index contributed by atoms with van der Waals surface area (Å²) in [6, 6.07) is 5.59. The van der Waals surface area contributed by atoms with Crippen LogP contribution in [0.25, 0.3) is 5.57 Å². The second-order valence-corrected chi connectivity index (χ2v) is 4.47. The van der Waals surface area contributed by atoms with Gasteiger partial charge >= 0.3 is 0 Å². The van der Waals surface area contributed by atoms with Crippen molar-refractivity contribution in [3.8, 4) is 5.75 Å². The molecular weight excluding hydrogens is 226 g/mol. The van der Waals surface area contributed by atoms with Gasteiger partial charge in [0.1, 0.15) is 5.75 Å². The molecule has 0 aliphatic heterocycles. The zero-order valence-electron chi connectivity index (χ0n) is 11.0. The normalized spacial score (nSPS) is 14.9. The van der Waals surface area contributed by atoms with E-state index < -0.39 is 0 Å². The van der Waals surface area contributed by atoms with E-state index in [-0.39, 0.29) is 5.91 Å². The zero-order valence-corrected chi connectivity index (χ0v) is 11.0. The number of allylic oxidation sites excluding steroid dienone is 2. The molecule has 0 aromatic heterocycles. The molecule has 1 aliphatic carbocycles. The van der Waals surface area contributed by atoms with Crippen LogP contribution in [0, 0.1) is 0 Å². The Hall–Kier alpha value is -1.77. The topological polar surface area (TPSA) is 38.3 Å². The van der Waals surface area contributed by atoms with Gasteiger partial charge in [-0.05, 0) is 49.5 Å². The van der Waals surface area contributed by atoms with Crippen molar-refractivity contribution < 1.29 is 9.53 Å². The Kier molecular flexibility index (Phi) is 4.03. The lowest BCUT2D eigenvalue weighted by Gasteiger charge is -2.16. The zero-order chi connectivity index (χ0) is 13.0. The predicted octanol–water partition coefficient (Wildman–Crippen LogP) is 3.01. The third-order valence-corrected chi connectivity index (χ3v) is 3.33. The number of ether oxygens (including phenoxy) is 1. The van der Waals surface area contributed by atoms with Crippen LogP contribution in [0.4, 0.5) is 0 Å². The van der Waals surface area contributed by atoms with Gasteiger partial charge in [-0.3, -0.25) is 4.79 Å². The average Bonchev–Trinajstić information content (AvgIpc) is 2.46. The number of nitrogens with one attached hydrogen (secondary N) is 1.